The highest BCUT2D eigenvalue weighted by molar-refractivity contribution is 6.26. The third-order valence-corrected chi connectivity index (χ3v) is 11.3. The Kier molecular flexibility index (Phi) is 15.2. The van der Waals surface area contributed by atoms with Gasteiger partial charge in [0.2, 0.25) is 0 Å². The molecule has 1 saturated carbocycles. The summed E-state index contributed by atoms with van der Waals surface area (Å²) in [5.74, 6) is 6.16. The van der Waals surface area contributed by atoms with Gasteiger partial charge in [-0.05, 0) is 74.0 Å². The summed E-state index contributed by atoms with van der Waals surface area (Å²) in [6, 6.07) is 7.28. The summed E-state index contributed by atoms with van der Waals surface area (Å²) < 4.78 is 0. The van der Waals surface area contributed by atoms with Crippen molar-refractivity contribution in [3.63, 3.8) is 0 Å². The van der Waals surface area contributed by atoms with E-state index in [1.807, 2.05) is 19.1 Å². The first-order chi connectivity index (χ1) is 20.6. The minimum Gasteiger partial charge on any atom is -0.289 e. The highest BCUT2D eigenvalue weighted by Gasteiger charge is 2.30. The molecule has 1 aromatic carbocycles. The fraction of sp³-hybridized carbons (Fsp3) is 0.756. The van der Waals surface area contributed by atoms with Crippen molar-refractivity contribution >= 4 is 11.6 Å². The highest BCUT2D eigenvalue weighted by atomic mass is 16.1. The van der Waals surface area contributed by atoms with Crippen LogP contribution in [0.25, 0.3) is 0 Å². The van der Waals surface area contributed by atoms with Crippen molar-refractivity contribution < 1.29 is 9.59 Å². The molecule has 0 N–H and O–H groups in total. The minimum absolute atomic E-state index is 0.0286. The van der Waals surface area contributed by atoms with E-state index in [2.05, 4.69) is 41.5 Å². The van der Waals surface area contributed by atoms with Gasteiger partial charge in [0.05, 0.1) is 0 Å². The van der Waals surface area contributed by atoms with Crippen LogP contribution in [0, 0.1) is 41.4 Å². The number of carbonyl (C=O) groups excluding carboxylic acids is 2. The zero-order valence-electron chi connectivity index (χ0n) is 29.2. The molecule has 2 heteroatoms. The maximum absolute atomic E-state index is 13.0. The Bertz CT molecular complexity index is 1030. The third-order valence-electron chi connectivity index (χ3n) is 11.3. The monoisotopic (exact) mass is 591 g/mol. The van der Waals surface area contributed by atoms with Crippen LogP contribution < -0.4 is 0 Å². The van der Waals surface area contributed by atoms with Gasteiger partial charge >= 0.3 is 0 Å². The summed E-state index contributed by atoms with van der Waals surface area (Å²) in [6.45, 7) is 16.3. The fourth-order valence-corrected chi connectivity index (χ4v) is 8.04. The molecule has 2 aliphatic rings. The standard InChI is InChI=1S/C41H66O2/c1-29(2)14-10-20-33(6)36-26-25-35(28-36)21-13-19-31(4)16-11-15-30(3)17-12-18-32(5)24-27-37-34(7)40(42)38-22-8-9-23-39(38)41(37)43/h8-9,22-23,29-33,35-36H,10-21,24-28H2,1-7H3. The van der Waals surface area contributed by atoms with Crippen molar-refractivity contribution in [1.29, 1.82) is 0 Å². The molecule has 3 rings (SSSR count). The molecule has 2 nitrogen and oxygen atoms in total. The first-order valence-corrected chi connectivity index (χ1v) is 18.4. The molecule has 0 spiro atoms. The number of rotatable bonds is 20. The molecular weight excluding hydrogens is 524 g/mol. The number of hydrogen-bond donors (Lipinski definition) is 0. The Hall–Kier alpha value is -1.70. The number of carbonyl (C=O) groups is 2. The van der Waals surface area contributed by atoms with Gasteiger partial charge in [0.15, 0.2) is 11.6 Å². The summed E-state index contributed by atoms with van der Waals surface area (Å²) in [5, 5.41) is 0. The first-order valence-electron chi connectivity index (χ1n) is 18.4. The zero-order valence-corrected chi connectivity index (χ0v) is 29.2. The number of ketones is 2. The van der Waals surface area contributed by atoms with E-state index < -0.39 is 0 Å². The van der Waals surface area contributed by atoms with E-state index >= 15 is 0 Å². The molecule has 0 saturated heterocycles. The summed E-state index contributed by atoms with van der Waals surface area (Å²) in [6.07, 6.45) is 22.7. The molecule has 6 atom stereocenters. The molecule has 0 bridgehead atoms. The van der Waals surface area contributed by atoms with Gasteiger partial charge in [0.1, 0.15) is 0 Å². The molecule has 0 aromatic heterocycles. The second-order valence-corrected chi connectivity index (χ2v) is 15.7. The van der Waals surface area contributed by atoms with Gasteiger partial charge in [0.25, 0.3) is 0 Å². The van der Waals surface area contributed by atoms with Crippen molar-refractivity contribution in [3.05, 3.63) is 46.5 Å². The maximum atomic E-state index is 13.0. The summed E-state index contributed by atoms with van der Waals surface area (Å²) in [7, 11) is 0. The predicted octanol–water partition coefficient (Wildman–Crippen LogP) is 12.5. The van der Waals surface area contributed by atoms with Crippen LogP contribution in [0.1, 0.15) is 178 Å². The van der Waals surface area contributed by atoms with E-state index in [0.29, 0.717) is 22.6 Å². The van der Waals surface area contributed by atoms with E-state index in [1.165, 1.54) is 96.3 Å². The molecule has 0 heterocycles. The van der Waals surface area contributed by atoms with Gasteiger partial charge < -0.3 is 0 Å². The minimum atomic E-state index is 0.0286. The number of benzene rings is 1. The van der Waals surface area contributed by atoms with Crippen molar-refractivity contribution in [1.82, 2.24) is 0 Å². The molecule has 0 amide bonds. The number of fused-ring (bicyclic) bond motifs is 1. The van der Waals surface area contributed by atoms with Crippen LogP contribution in [-0.2, 0) is 0 Å². The number of allylic oxidation sites excluding steroid dienone is 2. The fourth-order valence-electron chi connectivity index (χ4n) is 8.04. The Morgan fingerprint density at radius 3 is 1.79 bits per heavy atom. The summed E-state index contributed by atoms with van der Waals surface area (Å²) >= 11 is 0. The Labute approximate surface area is 266 Å². The summed E-state index contributed by atoms with van der Waals surface area (Å²) in [4.78, 5) is 25.8. The molecule has 0 aliphatic heterocycles. The molecule has 2 aliphatic carbocycles. The molecule has 1 fully saturated rings. The van der Waals surface area contributed by atoms with E-state index in [-0.39, 0.29) is 11.6 Å². The van der Waals surface area contributed by atoms with Crippen LogP contribution in [0.5, 0.6) is 0 Å². The molecule has 0 radical (unpaired) electrons. The number of hydrogen-bond acceptors (Lipinski definition) is 2. The highest BCUT2D eigenvalue weighted by Crippen LogP contribution is 2.40. The Balaban J connectivity index is 1.21. The SMILES string of the molecule is CC1=C(CCC(C)CCCC(C)CCCC(C)CCCC2CCC(C(C)CCCC(C)C)C2)C(=O)c2ccccc2C1=O. The van der Waals surface area contributed by atoms with Gasteiger partial charge in [-0.15, -0.1) is 0 Å². The van der Waals surface area contributed by atoms with Crippen molar-refractivity contribution in [3.8, 4) is 0 Å². The van der Waals surface area contributed by atoms with Crippen LogP contribution in [0.3, 0.4) is 0 Å². The normalized spacial score (nSPS) is 21.8. The average molecular weight is 591 g/mol. The van der Waals surface area contributed by atoms with Crippen LogP contribution in [0.15, 0.2) is 35.4 Å². The first kappa shape index (κ1) is 35.8. The Morgan fingerprint density at radius 1 is 0.651 bits per heavy atom. The lowest BCUT2D eigenvalue weighted by Crippen LogP contribution is -2.21. The van der Waals surface area contributed by atoms with Gasteiger partial charge in [0, 0.05) is 22.3 Å². The second-order valence-electron chi connectivity index (χ2n) is 15.7. The van der Waals surface area contributed by atoms with Crippen LogP contribution in [0.4, 0.5) is 0 Å². The quantitative estimate of drug-likeness (QED) is 0.151. The Morgan fingerprint density at radius 2 is 1.19 bits per heavy atom. The van der Waals surface area contributed by atoms with Crippen molar-refractivity contribution in [2.45, 2.75) is 158 Å². The van der Waals surface area contributed by atoms with E-state index in [0.717, 1.165) is 53.9 Å². The molecule has 43 heavy (non-hydrogen) atoms. The predicted molar refractivity (Wildman–Crippen MR) is 185 cm³/mol. The van der Waals surface area contributed by atoms with Crippen molar-refractivity contribution in [2.24, 2.45) is 41.4 Å². The second kappa shape index (κ2) is 18.3. The van der Waals surface area contributed by atoms with Gasteiger partial charge in [-0.3, -0.25) is 9.59 Å². The summed E-state index contributed by atoms with van der Waals surface area (Å²) in [5.41, 5.74) is 2.56. The largest absolute Gasteiger partial charge is 0.289 e. The smallest absolute Gasteiger partial charge is 0.190 e. The number of Topliss-reactive ketones (excluding diaryl/α,β-unsaturated/α-hetero) is 2. The van der Waals surface area contributed by atoms with Crippen LogP contribution in [-0.4, -0.2) is 11.6 Å². The molecule has 6 unspecified atom stereocenters. The topological polar surface area (TPSA) is 34.1 Å². The lowest BCUT2D eigenvalue weighted by atomic mass is 9.81. The third kappa shape index (κ3) is 11.6. The molecular formula is C41H66O2. The lowest BCUT2D eigenvalue weighted by Gasteiger charge is -2.20. The zero-order chi connectivity index (χ0) is 31.4. The van der Waals surface area contributed by atoms with Crippen molar-refractivity contribution in [2.75, 3.05) is 0 Å². The van der Waals surface area contributed by atoms with E-state index in [9.17, 15) is 9.59 Å². The van der Waals surface area contributed by atoms with E-state index in [1.54, 1.807) is 12.1 Å². The van der Waals surface area contributed by atoms with Crippen LogP contribution >= 0.6 is 0 Å². The molecule has 242 valence electrons. The van der Waals surface area contributed by atoms with Gasteiger partial charge in [-0.1, -0.05) is 149 Å². The van der Waals surface area contributed by atoms with Crippen LogP contribution in [0.2, 0.25) is 0 Å². The maximum Gasteiger partial charge on any atom is 0.190 e. The van der Waals surface area contributed by atoms with Gasteiger partial charge in [-0.2, -0.15) is 0 Å². The average Bonchev–Trinajstić information content (AvgIpc) is 3.45. The van der Waals surface area contributed by atoms with E-state index in [4.69, 9.17) is 0 Å². The molecule has 1 aromatic rings. The van der Waals surface area contributed by atoms with Gasteiger partial charge in [-0.25, -0.2) is 0 Å². The lowest BCUT2D eigenvalue weighted by molar-refractivity contribution is 0.0971.